The number of hydrogen-bond acceptors (Lipinski definition) is 4. The van der Waals surface area contributed by atoms with Crippen LogP contribution in [-0.4, -0.2) is 20.6 Å². The summed E-state index contributed by atoms with van der Waals surface area (Å²) in [5, 5.41) is 9.66. The van der Waals surface area contributed by atoms with Crippen molar-refractivity contribution in [3.63, 3.8) is 0 Å². The molecule has 5 nitrogen and oxygen atoms in total. The van der Waals surface area contributed by atoms with E-state index in [4.69, 9.17) is 10.1 Å². The van der Waals surface area contributed by atoms with E-state index in [2.05, 4.69) is 0 Å². The number of nitrogens with zero attached hydrogens (tertiary/aromatic N) is 2. The lowest BCUT2D eigenvalue weighted by molar-refractivity contribution is -0.137. The fraction of sp³-hybridized carbons (Fsp3) is 0.208. The van der Waals surface area contributed by atoms with E-state index in [9.17, 15) is 9.59 Å². The summed E-state index contributed by atoms with van der Waals surface area (Å²) in [7, 11) is 0. The summed E-state index contributed by atoms with van der Waals surface area (Å²) in [6, 6.07) is 17.7. The van der Waals surface area contributed by atoms with Crippen molar-refractivity contribution in [3.8, 4) is 22.5 Å². The van der Waals surface area contributed by atoms with Gasteiger partial charge < -0.3 is 5.11 Å². The van der Waals surface area contributed by atoms with Crippen molar-refractivity contribution in [1.82, 2.24) is 9.55 Å². The molecule has 0 saturated heterocycles. The molecule has 0 bridgehead atoms. The molecule has 0 spiro atoms. The van der Waals surface area contributed by atoms with E-state index in [0.29, 0.717) is 29.0 Å². The van der Waals surface area contributed by atoms with Crippen LogP contribution in [0.5, 0.6) is 0 Å². The third-order valence-electron chi connectivity index (χ3n) is 5.10. The smallest absolute Gasteiger partial charge is 0.303 e. The van der Waals surface area contributed by atoms with Gasteiger partial charge in [0.1, 0.15) is 10.7 Å². The van der Waals surface area contributed by atoms with Crippen molar-refractivity contribution in [2.24, 2.45) is 0 Å². The van der Waals surface area contributed by atoms with Gasteiger partial charge in [-0.1, -0.05) is 54.1 Å². The third kappa shape index (κ3) is 3.78. The Morgan fingerprint density at radius 1 is 1.07 bits per heavy atom. The Hall–Kier alpha value is -3.25. The maximum Gasteiger partial charge on any atom is 0.303 e. The molecule has 152 valence electrons. The summed E-state index contributed by atoms with van der Waals surface area (Å²) in [4.78, 5) is 31.3. The van der Waals surface area contributed by atoms with E-state index in [1.807, 2.05) is 68.4 Å². The highest BCUT2D eigenvalue weighted by Gasteiger charge is 2.20. The lowest BCUT2D eigenvalue weighted by atomic mass is 10.0. The van der Waals surface area contributed by atoms with Gasteiger partial charge in [0.15, 0.2) is 0 Å². The van der Waals surface area contributed by atoms with Gasteiger partial charge in [0, 0.05) is 29.0 Å². The fourth-order valence-electron chi connectivity index (χ4n) is 3.75. The summed E-state index contributed by atoms with van der Waals surface area (Å²) in [6.45, 7) is 4.31. The molecule has 0 radical (unpaired) electrons. The highest BCUT2D eigenvalue weighted by Crippen LogP contribution is 2.36. The first kappa shape index (κ1) is 20.0. The number of carbonyl (C=O) groups is 1. The molecule has 0 aliphatic heterocycles. The molecule has 4 aromatic rings. The van der Waals surface area contributed by atoms with Crippen molar-refractivity contribution in [3.05, 3.63) is 75.4 Å². The second-order valence-corrected chi connectivity index (χ2v) is 8.54. The van der Waals surface area contributed by atoms with Crippen LogP contribution in [0.25, 0.3) is 32.7 Å². The number of hydrogen-bond donors (Lipinski definition) is 1. The van der Waals surface area contributed by atoms with Gasteiger partial charge in [0.05, 0.1) is 5.39 Å². The molecular weight excluding hydrogens is 396 g/mol. The minimum absolute atomic E-state index is 0.00589. The zero-order valence-electron chi connectivity index (χ0n) is 16.9. The van der Waals surface area contributed by atoms with Gasteiger partial charge in [0.2, 0.25) is 0 Å². The zero-order valence-corrected chi connectivity index (χ0v) is 17.7. The Morgan fingerprint density at radius 3 is 2.50 bits per heavy atom. The van der Waals surface area contributed by atoms with E-state index in [1.165, 1.54) is 11.3 Å². The highest BCUT2D eigenvalue weighted by atomic mass is 32.1. The monoisotopic (exact) mass is 418 g/mol. The number of fused-ring (bicyclic) bond motifs is 1. The van der Waals surface area contributed by atoms with Gasteiger partial charge in [0.25, 0.3) is 5.56 Å². The van der Waals surface area contributed by atoms with Crippen molar-refractivity contribution in [1.29, 1.82) is 0 Å². The van der Waals surface area contributed by atoms with Crippen LogP contribution in [0.15, 0.2) is 59.4 Å². The Morgan fingerprint density at radius 2 is 1.80 bits per heavy atom. The molecule has 2 heterocycles. The van der Waals surface area contributed by atoms with E-state index >= 15 is 0 Å². The number of rotatable bonds is 6. The van der Waals surface area contributed by atoms with E-state index in [0.717, 1.165) is 27.1 Å². The molecule has 0 amide bonds. The first-order valence-electron chi connectivity index (χ1n) is 9.84. The molecule has 0 aliphatic carbocycles. The standard InChI is InChI=1S/C24H22N2O3S/c1-15-8-6-11-18(14-15)22-25-23-21(24(29)26(22)13-7-12-19(27)28)20(16(2)30-23)17-9-4-3-5-10-17/h3-6,8-11,14H,7,12-13H2,1-2H3,(H,27,28). The van der Waals surface area contributed by atoms with Crippen molar-refractivity contribution < 1.29 is 9.90 Å². The number of aryl methyl sites for hydroxylation is 2. The second kappa shape index (κ2) is 8.24. The average Bonchev–Trinajstić information content (AvgIpc) is 3.06. The van der Waals surface area contributed by atoms with Gasteiger partial charge in [-0.25, -0.2) is 4.98 Å². The molecule has 0 unspecified atom stereocenters. The maximum absolute atomic E-state index is 13.7. The molecule has 30 heavy (non-hydrogen) atoms. The van der Waals surface area contributed by atoms with Gasteiger partial charge in [-0.3, -0.25) is 14.2 Å². The van der Waals surface area contributed by atoms with Crippen LogP contribution < -0.4 is 5.56 Å². The van der Waals surface area contributed by atoms with E-state index in [1.54, 1.807) is 4.57 Å². The summed E-state index contributed by atoms with van der Waals surface area (Å²) in [5.74, 6) is -0.284. The van der Waals surface area contributed by atoms with E-state index < -0.39 is 5.97 Å². The van der Waals surface area contributed by atoms with Crippen LogP contribution in [0.4, 0.5) is 0 Å². The predicted molar refractivity (Wildman–Crippen MR) is 121 cm³/mol. The molecule has 6 heteroatoms. The Bertz CT molecular complexity index is 1290. The Kier molecular flexibility index (Phi) is 5.50. The van der Waals surface area contributed by atoms with Crippen LogP contribution >= 0.6 is 11.3 Å². The number of carboxylic acid groups (broad SMARTS) is 1. The first-order valence-corrected chi connectivity index (χ1v) is 10.7. The second-order valence-electron chi connectivity index (χ2n) is 7.34. The third-order valence-corrected chi connectivity index (χ3v) is 6.10. The minimum Gasteiger partial charge on any atom is -0.481 e. The largest absolute Gasteiger partial charge is 0.481 e. The molecule has 4 rings (SSSR count). The zero-order chi connectivity index (χ0) is 21.3. The summed E-state index contributed by atoms with van der Waals surface area (Å²) < 4.78 is 1.64. The van der Waals surface area contributed by atoms with Gasteiger partial charge in [-0.05, 0) is 31.9 Å². The van der Waals surface area contributed by atoms with Crippen LogP contribution in [0.3, 0.4) is 0 Å². The number of carboxylic acids is 1. The molecule has 1 N–H and O–H groups in total. The Labute approximate surface area is 178 Å². The van der Waals surface area contributed by atoms with Crippen LogP contribution in [-0.2, 0) is 11.3 Å². The van der Waals surface area contributed by atoms with Gasteiger partial charge >= 0.3 is 5.97 Å². The number of aliphatic carboxylic acids is 1. The number of benzene rings is 2. The SMILES string of the molecule is Cc1cccc(-c2nc3sc(C)c(-c4ccccc4)c3c(=O)n2CCCC(=O)O)c1. The summed E-state index contributed by atoms with van der Waals surface area (Å²) in [5.41, 5.74) is 3.71. The molecule has 2 aromatic heterocycles. The molecule has 0 saturated carbocycles. The quantitative estimate of drug-likeness (QED) is 0.463. The van der Waals surface area contributed by atoms with Crippen molar-refractivity contribution >= 4 is 27.5 Å². The van der Waals surface area contributed by atoms with Crippen LogP contribution in [0.1, 0.15) is 23.3 Å². The maximum atomic E-state index is 13.7. The van der Waals surface area contributed by atoms with Crippen molar-refractivity contribution in [2.75, 3.05) is 0 Å². The lowest BCUT2D eigenvalue weighted by Crippen LogP contribution is -2.24. The first-order chi connectivity index (χ1) is 14.5. The Balaban J connectivity index is 1.97. The lowest BCUT2D eigenvalue weighted by Gasteiger charge is -2.13. The predicted octanol–water partition coefficient (Wildman–Crippen LogP) is 5.27. The molecule has 2 aromatic carbocycles. The van der Waals surface area contributed by atoms with Gasteiger partial charge in [-0.15, -0.1) is 11.3 Å². The van der Waals surface area contributed by atoms with Crippen LogP contribution in [0, 0.1) is 13.8 Å². The fourth-order valence-corrected chi connectivity index (χ4v) is 4.78. The average molecular weight is 419 g/mol. The number of aromatic nitrogens is 2. The highest BCUT2D eigenvalue weighted by molar-refractivity contribution is 7.19. The van der Waals surface area contributed by atoms with Crippen LogP contribution in [0.2, 0.25) is 0 Å². The van der Waals surface area contributed by atoms with Crippen molar-refractivity contribution in [2.45, 2.75) is 33.2 Å². The molecule has 0 aliphatic rings. The van der Waals surface area contributed by atoms with Gasteiger partial charge in [-0.2, -0.15) is 0 Å². The topological polar surface area (TPSA) is 72.2 Å². The molecular formula is C24H22N2O3S. The summed E-state index contributed by atoms with van der Waals surface area (Å²) >= 11 is 1.52. The summed E-state index contributed by atoms with van der Waals surface area (Å²) in [6.07, 6.45) is 0.372. The molecule has 0 atom stereocenters. The normalized spacial score (nSPS) is 11.1. The minimum atomic E-state index is -0.870. The number of thiophene rings is 1. The van der Waals surface area contributed by atoms with E-state index in [-0.39, 0.29) is 12.0 Å². The molecule has 0 fully saturated rings.